The summed E-state index contributed by atoms with van der Waals surface area (Å²) in [5.41, 5.74) is -2.13. The number of nitro benzene ring substituents is 1. The van der Waals surface area contributed by atoms with Gasteiger partial charge in [0.2, 0.25) is 0 Å². The third-order valence-corrected chi connectivity index (χ3v) is 3.39. The average Bonchev–Trinajstić information content (AvgIpc) is 2.35. The summed E-state index contributed by atoms with van der Waals surface area (Å²) in [6, 6.07) is 2.20. The fourth-order valence-corrected chi connectivity index (χ4v) is 1.37. The highest BCUT2D eigenvalue weighted by Gasteiger charge is 2.33. The first-order valence-electron chi connectivity index (χ1n) is 5.66. The molecule has 0 amide bonds. The Morgan fingerprint density at radius 1 is 1.35 bits per heavy atom. The van der Waals surface area contributed by atoms with E-state index in [0.29, 0.717) is 11.8 Å². The molecule has 0 unspecified atom stereocenters. The SMILES string of the molecule is CC(C)(CS)COc1ccc(C(F)(F)F)cc1[N+](=O)[O-]. The lowest BCUT2D eigenvalue weighted by atomic mass is 9.98. The van der Waals surface area contributed by atoms with Gasteiger partial charge in [0.1, 0.15) is 0 Å². The minimum atomic E-state index is -4.63. The van der Waals surface area contributed by atoms with Crippen LogP contribution in [0.15, 0.2) is 18.2 Å². The average molecular weight is 309 g/mol. The second kappa shape index (κ2) is 5.90. The molecule has 20 heavy (non-hydrogen) atoms. The van der Waals surface area contributed by atoms with Crippen molar-refractivity contribution in [3.05, 3.63) is 33.9 Å². The summed E-state index contributed by atoms with van der Waals surface area (Å²) >= 11 is 4.11. The van der Waals surface area contributed by atoms with Crippen LogP contribution in [0.1, 0.15) is 19.4 Å². The quantitative estimate of drug-likeness (QED) is 0.509. The predicted octanol–water partition coefficient (Wildman–Crippen LogP) is 3.95. The predicted molar refractivity (Wildman–Crippen MR) is 71.2 cm³/mol. The van der Waals surface area contributed by atoms with Crippen molar-refractivity contribution >= 4 is 18.3 Å². The van der Waals surface area contributed by atoms with E-state index in [1.165, 1.54) is 0 Å². The second-order valence-electron chi connectivity index (χ2n) is 5.05. The van der Waals surface area contributed by atoms with Crippen molar-refractivity contribution in [2.24, 2.45) is 5.41 Å². The van der Waals surface area contributed by atoms with Crippen LogP contribution in [-0.4, -0.2) is 17.3 Å². The van der Waals surface area contributed by atoms with E-state index in [4.69, 9.17) is 4.74 Å². The van der Waals surface area contributed by atoms with E-state index in [2.05, 4.69) is 12.6 Å². The fraction of sp³-hybridized carbons (Fsp3) is 0.500. The molecule has 1 aromatic carbocycles. The number of nitro groups is 1. The van der Waals surface area contributed by atoms with Crippen molar-refractivity contribution in [1.82, 2.24) is 0 Å². The minimum Gasteiger partial charge on any atom is -0.486 e. The van der Waals surface area contributed by atoms with Crippen LogP contribution in [0.4, 0.5) is 18.9 Å². The van der Waals surface area contributed by atoms with Gasteiger partial charge < -0.3 is 4.74 Å². The van der Waals surface area contributed by atoms with E-state index in [0.717, 1.165) is 12.1 Å². The molecule has 0 aliphatic rings. The van der Waals surface area contributed by atoms with Crippen molar-refractivity contribution in [2.45, 2.75) is 20.0 Å². The van der Waals surface area contributed by atoms with Crippen LogP contribution in [0.5, 0.6) is 5.75 Å². The van der Waals surface area contributed by atoms with E-state index in [-0.39, 0.29) is 17.8 Å². The number of hydrogen-bond acceptors (Lipinski definition) is 4. The van der Waals surface area contributed by atoms with Crippen LogP contribution in [0.25, 0.3) is 0 Å². The molecule has 0 spiro atoms. The zero-order valence-corrected chi connectivity index (χ0v) is 11.8. The topological polar surface area (TPSA) is 52.4 Å². The van der Waals surface area contributed by atoms with E-state index >= 15 is 0 Å². The van der Waals surface area contributed by atoms with E-state index in [1.807, 2.05) is 13.8 Å². The molecule has 0 bridgehead atoms. The number of nitrogens with zero attached hydrogens (tertiary/aromatic N) is 1. The molecule has 4 nitrogen and oxygen atoms in total. The summed E-state index contributed by atoms with van der Waals surface area (Å²) in [5.74, 6) is 0.291. The van der Waals surface area contributed by atoms with Gasteiger partial charge in [-0.1, -0.05) is 13.8 Å². The van der Waals surface area contributed by atoms with Crippen molar-refractivity contribution in [2.75, 3.05) is 12.4 Å². The molecule has 1 aromatic rings. The largest absolute Gasteiger partial charge is 0.486 e. The number of ether oxygens (including phenoxy) is 1. The van der Waals surface area contributed by atoms with E-state index in [1.54, 1.807) is 0 Å². The van der Waals surface area contributed by atoms with E-state index < -0.39 is 22.4 Å². The van der Waals surface area contributed by atoms with E-state index in [9.17, 15) is 23.3 Å². The Morgan fingerprint density at radius 3 is 2.40 bits per heavy atom. The Bertz CT molecular complexity index is 503. The summed E-state index contributed by atoms with van der Waals surface area (Å²) in [6.45, 7) is 3.77. The molecular weight excluding hydrogens is 295 g/mol. The number of hydrogen-bond donors (Lipinski definition) is 1. The number of alkyl halides is 3. The zero-order valence-electron chi connectivity index (χ0n) is 10.9. The maximum atomic E-state index is 12.5. The Hall–Kier alpha value is -1.44. The molecule has 0 fully saturated rings. The Kier molecular flexibility index (Phi) is 4.90. The number of rotatable bonds is 5. The lowest BCUT2D eigenvalue weighted by Gasteiger charge is -2.22. The summed E-state index contributed by atoms with van der Waals surface area (Å²) in [5, 5.41) is 10.8. The third kappa shape index (κ3) is 4.29. The number of halogens is 3. The van der Waals surface area contributed by atoms with Crippen molar-refractivity contribution in [3.8, 4) is 5.75 Å². The summed E-state index contributed by atoms with van der Waals surface area (Å²) in [7, 11) is 0. The van der Waals surface area contributed by atoms with Gasteiger partial charge in [-0.3, -0.25) is 10.1 Å². The van der Waals surface area contributed by atoms with Crippen molar-refractivity contribution in [3.63, 3.8) is 0 Å². The van der Waals surface area contributed by atoms with Gasteiger partial charge in [-0.05, 0) is 17.9 Å². The molecule has 1 rings (SSSR count). The van der Waals surface area contributed by atoms with Crippen LogP contribution in [0.3, 0.4) is 0 Å². The highest BCUT2D eigenvalue weighted by Crippen LogP contribution is 2.36. The first-order chi connectivity index (χ1) is 9.07. The molecule has 8 heteroatoms. The van der Waals surface area contributed by atoms with Gasteiger partial charge >= 0.3 is 11.9 Å². The molecular formula is C12H14F3NO3S. The normalized spacial score (nSPS) is 12.3. The zero-order chi connectivity index (χ0) is 15.6. The van der Waals surface area contributed by atoms with Gasteiger partial charge in [-0.15, -0.1) is 0 Å². The van der Waals surface area contributed by atoms with Crippen LogP contribution < -0.4 is 4.74 Å². The first-order valence-corrected chi connectivity index (χ1v) is 6.29. The summed E-state index contributed by atoms with van der Waals surface area (Å²) in [4.78, 5) is 9.95. The highest BCUT2D eigenvalue weighted by atomic mass is 32.1. The third-order valence-electron chi connectivity index (χ3n) is 2.53. The Balaban J connectivity index is 3.06. The van der Waals surface area contributed by atoms with Crippen LogP contribution in [-0.2, 0) is 6.18 Å². The Labute approximate surface area is 119 Å². The number of benzene rings is 1. The lowest BCUT2D eigenvalue weighted by Crippen LogP contribution is -2.23. The molecule has 0 saturated heterocycles. The molecule has 0 aliphatic heterocycles. The first kappa shape index (κ1) is 16.6. The monoisotopic (exact) mass is 309 g/mol. The molecule has 112 valence electrons. The van der Waals surface area contributed by atoms with Gasteiger partial charge in [-0.25, -0.2) is 0 Å². The molecule has 0 heterocycles. The maximum Gasteiger partial charge on any atom is 0.416 e. The molecule has 0 N–H and O–H groups in total. The summed E-state index contributed by atoms with van der Waals surface area (Å²) in [6.07, 6.45) is -4.63. The number of thiol groups is 1. The van der Waals surface area contributed by atoms with Gasteiger partial charge in [0, 0.05) is 11.5 Å². The van der Waals surface area contributed by atoms with Gasteiger partial charge in [0.25, 0.3) is 0 Å². The smallest absolute Gasteiger partial charge is 0.416 e. The van der Waals surface area contributed by atoms with Crippen molar-refractivity contribution in [1.29, 1.82) is 0 Å². The lowest BCUT2D eigenvalue weighted by molar-refractivity contribution is -0.386. The van der Waals surface area contributed by atoms with Crippen molar-refractivity contribution < 1.29 is 22.8 Å². The maximum absolute atomic E-state index is 12.5. The molecule has 0 radical (unpaired) electrons. The molecule has 0 aromatic heterocycles. The second-order valence-corrected chi connectivity index (χ2v) is 5.36. The molecule has 0 saturated carbocycles. The van der Waals surface area contributed by atoms with Gasteiger partial charge in [0.15, 0.2) is 5.75 Å². The summed E-state index contributed by atoms with van der Waals surface area (Å²) < 4.78 is 42.8. The van der Waals surface area contributed by atoms with Crippen LogP contribution in [0, 0.1) is 15.5 Å². The van der Waals surface area contributed by atoms with Gasteiger partial charge in [-0.2, -0.15) is 25.8 Å². The molecule has 0 aliphatic carbocycles. The van der Waals surface area contributed by atoms with Crippen LogP contribution >= 0.6 is 12.6 Å². The van der Waals surface area contributed by atoms with Gasteiger partial charge in [0.05, 0.1) is 17.1 Å². The minimum absolute atomic E-state index is 0.114. The standard InChI is InChI=1S/C12H14F3NO3S/c1-11(2,7-20)6-19-10-4-3-8(12(13,14)15)5-9(10)16(17)18/h3-5,20H,6-7H2,1-2H3. The molecule has 0 atom stereocenters. The highest BCUT2D eigenvalue weighted by molar-refractivity contribution is 7.80. The van der Waals surface area contributed by atoms with Crippen LogP contribution in [0.2, 0.25) is 0 Å². The fourth-order valence-electron chi connectivity index (χ4n) is 1.28. The Morgan fingerprint density at radius 2 is 1.95 bits per heavy atom.